The summed E-state index contributed by atoms with van der Waals surface area (Å²) in [6, 6.07) is 4.69. The second-order valence-electron chi connectivity index (χ2n) is 6.97. The van der Waals surface area contributed by atoms with Crippen molar-refractivity contribution in [2.24, 2.45) is 0 Å². The summed E-state index contributed by atoms with van der Waals surface area (Å²) in [6.07, 6.45) is 0. The van der Waals surface area contributed by atoms with E-state index in [2.05, 4.69) is 4.90 Å². The number of imide groups is 1. The molecule has 1 aromatic rings. The molecule has 2 aliphatic heterocycles. The Morgan fingerprint density at radius 1 is 1.07 bits per heavy atom. The van der Waals surface area contributed by atoms with Crippen molar-refractivity contribution in [3.63, 3.8) is 0 Å². The van der Waals surface area contributed by atoms with Crippen molar-refractivity contribution in [2.75, 3.05) is 39.3 Å². The normalized spacial score (nSPS) is 19.0. The average Bonchev–Trinajstić information content (AvgIpc) is 2.87. The quantitative estimate of drug-likeness (QED) is 0.751. The second-order valence-corrected chi connectivity index (χ2v) is 7.82. The minimum Gasteiger partial charge on any atom is -0.395 e. The third-order valence-electron chi connectivity index (χ3n) is 4.91. The van der Waals surface area contributed by atoms with E-state index in [0.717, 1.165) is 13.1 Å². The van der Waals surface area contributed by atoms with E-state index in [9.17, 15) is 9.59 Å². The van der Waals surface area contributed by atoms with E-state index in [-0.39, 0.29) is 24.5 Å². The van der Waals surface area contributed by atoms with Crippen molar-refractivity contribution in [3.05, 3.63) is 39.5 Å². The van der Waals surface area contributed by atoms with Gasteiger partial charge in [-0.25, -0.2) is 0 Å². The molecule has 0 spiro atoms. The molecule has 27 heavy (non-hydrogen) atoms. The van der Waals surface area contributed by atoms with Crippen LogP contribution < -0.4 is 0 Å². The fourth-order valence-corrected chi connectivity index (χ4v) is 4.07. The van der Waals surface area contributed by atoms with E-state index in [1.807, 2.05) is 18.7 Å². The first-order valence-corrected chi connectivity index (χ1v) is 9.76. The van der Waals surface area contributed by atoms with Gasteiger partial charge in [-0.2, -0.15) is 0 Å². The molecule has 6 nitrogen and oxygen atoms in total. The monoisotopic (exact) mass is 411 g/mol. The molecule has 8 heteroatoms. The number of carbonyl (C=O) groups excluding carboxylic acids is 2. The lowest BCUT2D eigenvalue weighted by molar-refractivity contribution is -0.139. The van der Waals surface area contributed by atoms with Crippen molar-refractivity contribution in [1.82, 2.24) is 14.7 Å². The summed E-state index contributed by atoms with van der Waals surface area (Å²) in [4.78, 5) is 31.6. The summed E-state index contributed by atoms with van der Waals surface area (Å²) in [6.45, 7) is 6.99. The third kappa shape index (κ3) is 3.85. The van der Waals surface area contributed by atoms with Gasteiger partial charge in [0, 0.05) is 49.4 Å². The summed E-state index contributed by atoms with van der Waals surface area (Å²) in [5.41, 5.74) is 1.27. The number of benzene rings is 1. The molecule has 2 amide bonds. The Balaban J connectivity index is 2.02. The van der Waals surface area contributed by atoms with Crippen LogP contribution in [0.15, 0.2) is 23.9 Å². The largest absolute Gasteiger partial charge is 0.395 e. The predicted molar refractivity (Wildman–Crippen MR) is 105 cm³/mol. The Labute approximate surface area is 168 Å². The summed E-state index contributed by atoms with van der Waals surface area (Å²) >= 11 is 12.4. The van der Waals surface area contributed by atoms with E-state index < -0.39 is 0 Å². The van der Waals surface area contributed by atoms with Crippen LogP contribution in [0.3, 0.4) is 0 Å². The highest BCUT2D eigenvalue weighted by Gasteiger charge is 2.43. The van der Waals surface area contributed by atoms with Gasteiger partial charge in [0.1, 0.15) is 5.70 Å². The molecule has 1 fully saturated rings. The van der Waals surface area contributed by atoms with Gasteiger partial charge in [-0.3, -0.25) is 19.4 Å². The molecule has 0 aromatic heterocycles. The lowest BCUT2D eigenvalue weighted by Gasteiger charge is -2.36. The van der Waals surface area contributed by atoms with Crippen LogP contribution in [0.4, 0.5) is 0 Å². The SMILES string of the molecule is CC(C)N1C(=O)C(c2ccc(Cl)cc2Cl)=C(N2CCN(CCO)CC2)C1=O. The zero-order valence-corrected chi connectivity index (χ0v) is 16.9. The van der Waals surface area contributed by atoms with E-state index in [1.54, 1.807) is 18.2 Å². The number of nitrogens with zero attached hydrogens (tertiary/aromatic N) is 3. The zero-order valence-electron chi connectivity index (χ0n) is 15.4. The third-order valence-corrected chi connectivity index (χ3v) is 5.46. The topological polar surface area (TPSA) is 64.1 Å². The van der Waals surface area contributed by atoms with E-state index in [4.69, 9.17) is 28.3 Å². The number of hydrogen-bond donors (Lipinski definition) is 1. The van der Waals surface area contributed by atoms with Crippen LogP contribution in [0.25, 0.3) is 5.57 Å². The van der Waals surface area contributed by atoms with E-state index >= 15 is 0 Å². The maximum atomic E-state index is 13.1. The molecule has 2 heterocycles. The highest BCUT2D eigenvalue weighted by atomic mass is 35.5. The van der Waals surface area contributed by atoms with Crippen LogP contribution in [0.5, 0.6) is 0 Å². The van der Waals surface area contributed by atoms with Crippen LogP contribution in [0.2, 0.25) is 10.0 Å². The molecule has 146 valence electrons. The van der Waals surface area contributed by atoms with Gasteiger partial charge in [0.05, 0.1) is 17.2 Å². The van der Waals surface area contributed by atoms with Gasteiger partial charge in [-0.1, -0.05) is 29.3 Å². The minimum atomic E-state index is -0.327. The van der Waals surface area contributed by atoms with Crippen molar-refractivity contribution < 1.29 is 14.7 Å². The number of halogens is 2. The number of aliphatic hydroxyl groups is 1. The Kier molecular flexibility index (Phi) is 6.11. The van der Waals surface area contributed by atoms with Crippen LogP contribution in [0.1, 0.15) is 19.4 Å². The van der Waals surface area contributed by atoms with Gasteiger partial charge in [0.25, 0.3) is 11.8 Å². The number of rotatable bonds is 5. The highest BCUT2D eigenvalue weighted by Crippen LogP contribution is 2.37. The molecule has 0 bridgehead atoms. The van der Waals surface area contributed by atoms with Crippen molar-refractivity contribution in [2.45, 2.75) is 19.9 Å². The van der Waals surface area contributed by atoms with E-state index in [0.29, 0.717) is 46.5 Å². The summed E-state index contributed by atoms with van der Waals surface area (Å²) in [5, 5.41) is 9.94. The molecule has 1 saturated heterocycles. The maximum absolute atomic E-state index is 13.1. The molecular weight excluding hydrogens is 389 g/mol. The smallest absolute Gasteiger partial charge is 0.278 e. The minimum absolute atomic E-state index is 0.104. The van der Waals surface area contributed by atoms with Gasteiger partial charge in [0.2, 0.25) is 0 Å². The Morgan fingerprint density at radius 2 is 1.74 bits per heavy atom. The van der Waals surface area contributed by atoms with Crippen LogP contribution in [-0.2, 0) is 9.59 Å². The van der Waals surface area contributed by atoms with Crippen molar-refractivity contribution in [1.29, 1.82) is 0 Å². The molecule has 1 N–H and O–H groups in total. The molecular formula is C19H23Cl2N3O3. The Bertz CT molecular complexity index is 786. The lowest BCUT2D eigenvalue weighted by atomic mass is 10.0. The van der Waals surface area contributed by atoms with Gasteiger partial charge >= 0.3 is 0 Å². The number of aliphatic hydroxyl groups excluding tert-OH is 1. The standard InChI is InChI=1S/C19H23Cl2N3O3/c1-12(2)24-18(26)16(14-4-3-13(20)11-15(14)21)17(19(24)27)23-7-5-22(6-8-23)9-10-25/h3-4,11-12,25H,5-10H2,1-2H3. The van der Waals surface area contributed by atoms with Gasteiger partial charge in [-0.15, -0.1) is 0 Å². The molecule has 0 radical (unpaired) electrons. The molecule has 0 atom stereocenters. The first-order chi connectivity index (χ1) is 12.8. The number of piperazine rings is 1. The summed E-state index contributed by atoms with van der Waals surface area (Å²) < 4.78 is 0. The highest BCUT2D eigenvalue weighted by molar-refractivity contribution is 6.41. The predicted octanol–water partition coefficient (Wildman–Crippen LogP) is 2.09. The van der Waals surface area contributed by atoms with Gasteiger partial charge in [-0.05, 0) is 26.0 Å². The second kappa shape index (κ2) is 8.19. The Hall–Kier alpha value is -1.60. The van der Waals surface area contributed by atoms with Crippen LogP contribution >= 0.6 is 23.2 Å². The first kappa shape index (κ1) is 20.1. The van der Waals surface area contributed by atoms with Gasteiger partial charge in [0.15, 0.2) is 0 Å². The molecule has 0 unspecified atom stereocenters. The Morgan fingerprint density at radius 3 is 2.30 bits per heavy atom. The van der Waals surface area contributed by atoms with Gasteiger partial charge < -0.3 is 10.0 Å². The van der Waals surface area contributed by atoms with E-state index in [1.165, 1.54) is 4.90 Å². The maximum Gasteiger partial charge on any atom is 0.278 e. The number of hydrogen-bond acceptors (Lipinski definition) is 5. The number of β-amino-alcohol motifs (C(OH)–C–C–N with tert-alkyl or cyclic N) is 1. The fourth-order valence-electron chi connectivity index (χ4n) is 3.57. The lowest BCUT2D eigenvalue weighted by Crippen LogP contribution is -2.48. The average molecular weight is 412 g/mol. The number of carbonyl (C=O) groups is 2. The first-order valence-electron chi connectivity index (χ1n) is 9.01. The van der Waals surface area contributed by atoms with Crippen LogP contribution in [-0.4, -0.2) is 77.0 Å². The fraction of sp³-hybridized carbons (Fsp3) is 0.474. The molecule has 3 rings (SSSR count). The molecule has 2 aliphatic rings. The van der Waals surface area contributed by atoms with Crippen molar-refractivity contribution in [3.8, 4) is 0 Å². The van der Waals surface area contributed by atoms with Crippen molar-refractivity contribution >= 4 is 40.6 Å². The molecule has 0 aliphatic carbocycles. The zero-order chi connectivity index (χ0) is 19.7. The molecule has 0 saturated carbocycles. The molecule has 1 aromatic carbocycles. The van der Waals surface area contributed by atoms with Crippen LogP contribution in [0, 0.1) is 0 Å². The summed E-state index contributed by atoms with van der Waals surface area (Å²) in [7, 11) is 0. The summed E-state index contributed by atoms with van der Waals surface area (Å²) in [5.74, 6) is -0.612. The number of amides is 2.